The van der Waals surface area contributed by atoms with Gasteiger partial charge in [0, 0.05) is 12.4 Å². The Kier molecular flexibility index (Phi) is 3.68. The van der Waals surface area contributed by atoms with Gasteiger partial charge in [-0.15, -0.1) is 0 Å². The van der Waals surface area contributed by atoms with Crippen molar-refractivity contribution >= 4 is 15.4 Å². The van der Waals surface area contributed by atoms with E-state index in [1.165, 1.54) is 12.1 Å². The van der Waals surface area contributed by atoms with Gasteiger partial charge in [0.05, 0.1) is 10.4 Å². The number of hydrogen-bond donors (Lipinski definition) is 1. The van der Waals surface area contributed by atoms with Gasteiger partial charge < -0.3 is 9.51 Å². The molecule has 2 aromatic heterocycles. The average Bonchev–Trinajstić information content (AvgIpc) is 2.91. The van der Waals surface area contributed by atoms with E-state index >= 15 is 0 Å². The lowest BCUT2D eigenvalue weighted by Crippen LogP contribution is -2.05. The summed E-state index contributed by atoms with van der Waals surface area (Å²) in [7, 11) is -3.66. The van der Waals surface area contributed by atoms with Crippen LogP contribution < -0.4 is 0 Å². The van der Waals surface area contributed by atoms with Gasteiger partial charge in [-0.05, 0) is 61.2 Å². The van der Waals surface area contributed by atoms with Gasteiger partial charge in [-0.25, -0.2) is 8.42 Å². The molecule has 4 nitrogen and oxygen atoms in total. The topological polar surface area (TPSA) is 58.8 Å². The van der Waals surface area contributed by atoms with Gasteiger partial charge in [0.2, 0.25) is 9.84 Å². The van der Waals surface area contributed by atoms with Gasteiger partial charge in [0.15, 0.2) is 0 Å². The molecule has 0 saturated heterocycles. The Labute approximate surface area is 135 Å². The number of phenolic OH excluding ortho intramolecular Hbond substituents is 1. The molecule has 0 spiro atoms. The minimum atomic E-state index is -3.66. The first-order valence-corrected chi connectivity index (χ1v) is 8.98. The summed E-state index contributed by atoms with van der Waals surface area (Å²) in [4.78, 5) is 0.571. The first kappa shape index (κ1) is 15.6. The maximum absolute atomic E-state index is 13.2. The van der Waals surface area contributed by atoms with Crippen molar-refractivity contribution in [3.05, 3.63) is 59.4 Å². The molecule has 0 aliphatic carbocycles. The largest absolute Gasteiger partial charge is 0.507 e. The highest BCUT2D eigenvalue weighted by Gasteiger charge is 2.26. The van der Waals surface area contributed by atoms with Crippen molar-refractivity contribution < 1.29 is 13.5 Å². The fraction of sp³-hybridized carbons (Fsp3) is 0.222. The van der Waals surface area contributed by atoms with E-state index in [1.54, 1.807) is 13.8 Å². The van der Waals surface area contributed by atoms with E-state index < -0.39 is 9.84 Å². The summed E-state index contributed by atoms with van der Waals surface area (Å²) in [6.07, 6.45) is 4.34. The first-order valence-electron chi connectivity index (χ1n) is 7.50. The molecule has 3 rings (SSSR count). The molecule has 5 heteroatoms. The van der Waals surface area contributed by atoms with Gasteiger partial charge in [0.1, 0.15) is 10.6 Å². The molecule has 1 N–H and O–H groups in total. The van der Waals surface area contributed by atoms with E-state index in [2.05, 4.69) is 0 Å². The van der Waals surface area contributed by atoms with Crippen LogP contribution in [0, 0.1) is 13.8 Å². The van der Waals surface area contributed by atoms with E-state index in [0.29, 0.717) is 28.0 Å². The molecule has 3 aromatic rings. The minimum Gasteiger partial charge on any atom is -0.507 e. The third kappa shape index (κ3) is 2.41. The second kappa shape index (κ2) is 5.42. The number of aromatic nitrogens is 1. The van der Waals surface area contributed by atoms with Crippen molar-refractivity contribution in [2.45, 2.75) is 37.0 Å². The Morgan fingerprint density at radius 1 is 1.13 bits per heavy atom. The molecule has 0 bridgehead atoms. The highest BCUT2D eigenvalue weighted by Crippen LogP contribution is 2.33. The molecule has 23 heavy (non-hydrogen) atoms. The molecular formula is C18H19NO3S. The van der Waals surface area contributed by atoms with Gasteiger partial charge in [-0.1, -0.05) is 13.0 Å². The minimum absolute atomic E-state index is 0.140. The smallest absolute Gasteiger partial charge is 0.209 e. The highest BCUT2D eigenvalue weighted by atomic mass is 32.2. The molecule has 0 aliphatic rings. The van der Waals surface area contributed by atoms with Crippen molar-refractivity contribution in [2.24, 2.45) is 0 Å². The second-order valence-corrected chi connectivity index (χ2v) is 7.63. The monoisotopic (exact) mass is 329 g/mol. The predicted octanol–water partition coefficient (Wildman–Crippen LogP) is 3.66. The number of nitrogens with zero attached hydrogens (tertiary/aromatic N) is 1. The Morgan fingerprint density at radius 3 is 2.39 bits per heavy atom. The molecule has 0 aliphatic heterocycles. The fourth-order valence-electron chi connectivity index (χ4n) is 2.90. The van der Waals surface area contributed by atoms with E-state index in [9.17, 15) is 13.5 Å². The Balaban J connectivity index is 2.33. The summed E-state index contributed by atoms with van der Waals surface area (Å²) < 4.78 is 28.3. The van der Waals surface area contributed by atoms with Crippen LogP contribution in [0.15, 0.2) is 52.5 Å². The van der Waals surface area contributed by atoms with Gasteiger partial charge in [-0.3, -0.25) is 0 Å². The van der Waals surface area contributed by atoms with E-state index in [-0.39, 0.29) is 10.6 Å². The van der Waals surface area contributed by atoms with Crippen LogP contribution in [0.2, 0.25) is 0 Å². The number of fused-ring (bicyclic) bond motifs is 1. The number of pyridine rings is 1. The summed E-state index contributed by atoms with van der Waals surface area (Å²) in [6, 6.07) is 8.58. The summed E-state index contributed by atoms with van der Waals surface area (Å²) in [5, 5.41) is 9.90. The first-order chi connectivity index (χ1) is 10.9. The summed E-state index contributed by atoms with van der Waals surface area (Å²) in [6.45, 7) is 5.36. The number of rotatable bonds is 3. The van der Waals surface area contributed by atoms with Crippen LogP contribution in [0.3, 0.4) is 0 Å². The number of benzene rings is 1. The zero-order valence-electron chi connectivity index (χ0n) is 13.4. The summed E-state index contributed by atoms with van der Waals surface area (Å²) in [5.74, 6) is 0.140. The van der Waals surface area contributed by atoms with Crippen LogP contribution in [0.1, 0.15) is 23.6 Å². The zero-order valence-corrected chi connectivity index (χ0v) is 14.2. The van der Waals surface area contributed by atoms with Gasteiger partial charge in [-0.2, -0.15) is 0 Å². The second-order valence-electron chi connectivity index (χ2n) is 5.74. The van der Waals surface area contributed by atoms with Crippen molar-refractivity contribution in [2.75, 3.05) is 0 Å². The predicted molar refractivity (Wildman–Crippen MR) is 89.8 cm³/mol. The van der Waals surface area contributed by atoms with Crippen molar-refractivity contribution in [1.29, 1.82) is 0 Å². The van der Waals surface area contributed by atoms with E-state index in [0.717, 1.165) is 5.56 Å². The van der Waals surface area contributed by atoms with E-state index in [1.807, 2.05) is 41.9 Å². The van der Waals surface area contributed by atoms with E-state index in [4.69, 9.17) is 0 Å². The van der Waals surface area contributed by atoms with Crippen LogP contribution in [0.4, 0.5) is 0 Å². The Morgan fingerprint density at radius 2 is 1.78 bits per heavy atom. The van der Waals surface area contributed by atoms with Crippen LogP contribution in [-0.2, 0) is 16.3 Å². The average molecular weight is 329 g/mol. The molecule has 0 atom stereocenters. The van der Waals surface area contributed by atoms with Crippen molar-refractivity contribution in [1.82, 2.24) is 4.40 Å². The molecule has 0 unspecified atom stereocenters. The normalized spacial score (nSPS) is 12.0. The number of hydrogen-bond acceptors (Lipinski definition) is 3. The maximum atomic E-state index is 13.2. The Hall–Kier alpha value is -2.27. The quantitative estimate of drug-likeness (QED) is 0.798. The Bertz CT molecular complexity index is 977. The molecular weight excluding hydrogens is 310 g/mol. The molecule has 1 aromatic carbocycles. The fourth-order valence-corrected chi connectivity index (χ4v) is 4.79. The number of sulfone groups is 1. The SMILES string of the molecule is CCc1cn2ccccc2c1S(=O)(=O)c1cc(C)c(O)c(C)c1. The van der Waals surface area contributed by atoms with Crippen LogP contribution in [-0.4, -0.2) is 17.9 Å². The number of aryl methyl sites for hydroxylation is 3. The molecule has 120 valence electrons. The van der Waals surface area contributed by atoms with Crippen LogP contribution in [0.5, 0.6) is 5.75 Å². The number of phenols is 1. The molecule has 2 heterocycles. The van der Waals surface area contributed by atoms with Crippen LogP contribution >= 0.6 is 0 Å². The summed E-state index contributed by atoms with van der Waals surface area (Å²) >= 11 is 0. The molecule has 0 amide bonds. The van der Waals surface area contributed by atoms with Crippen molar-refractivity contribution in [3.8, 4) is 5.75 Å². The molecule has 0 saturated carbocycles. The zero-order chi connectivity index (χ0) is 16.8. The lowest BCUT2D eigenvalue weighted by atomic mass is 10.1. The maximum Gasteiger partial charge on any atom is 0.209 e. The molecule has 0 radical (unpaired) electrons. The van der Waals surface area contributed by atoms with Crippen LogP contribution in [0.25, 0.3) is 5.52 Å². The van der Waals surface area contributed by atoms with Gasteiger partial charge >= 0.3 is 0 Å². The highest BCUT2D eigenvalue weighted by molar-refractivity contribution is 7.91. The summed E-state index contributed by atoms with van der Waals surface area (Å²) in [5.41, 5.74) is 2.59. The molecule has 0 fully saturated rings. The third-order valence-electron chi connectivity index (χ3n) is 4.13. The standard InChI is InChI=1S/C18H19NO3S/c1-4-14-11-19-8-6-5-7-16(19)18(14)23(21,22)15-9-12(2)17(20)13(3)10-15/h5-11,20H,4H2,1-3H3. The lowest BCUT2D eigenvalue weighted by molar-refractivity contribution is 0.466. The van der Waals surface area contributed by atoms with Crippen molar-refractivity contribution in [3.63, 3.8) is 0 Å². The van der Waals surface area contributed by atoms with Gasteiger partial charge in [0.25, 0.3) is 0 Å². The number of aromatic hydroxyl groups is 1. The third-order valence-corrected chi connectivity index (χ3v) is 6.00. The lowest BCUT2D eigenvalue weighted by Gasteiger charge is -2.10.